The second-order valence-corrected chi connectivity index (χ2v) is 18.4. The first kappa shape index (κ1) is 25.1. The Morgan fingerprint density at radius 2 is 1.75 bits per heavy atom. The lowest BCUT2D eigenvalue weighted by Crippen LogP contribution is -2.22. The number of fused-ring (bicyclic) bond motifs is 2. The minimum absolute atomic E-state index is 0.0791. The zero-order valence-electron chi connectivity index (χ0n) is 21.1. The Bertz CT molecular complexity index is 1370. The number of rotatable bonds is 9. The number of aromatic nitrogens is 3. The van der Waals surface area contributed by atoms with Gasteiger partial charge in [-0.3, -0.25) is 0 Å². The van der Waals surface area contributed by atoms with Gasteiger partial charge in [0.25, 0.3) is 5.16 Å². The summed E-state index contributed by atoms with van der Waals surface area (Å²) in [5.74, 6) is -0.300. The molecule has 0 spiro atoms. The molecule has 7 nitrogen and oxygen atoms in total. The third-order valence-corrected chi connectivity index (χ3v) is 10.2. The molecule has 1 aromatic heterocycles. The van der Waals surface area contributed by atoms with E-state index in [4.69, 9.17) is 4.74 Å². The van der Waals surface area contributed by atoms with Gasteiger partial charge in [-0.05, 0) is 85.0 Å². The molecule has 0 amide bonds. The van der Waals surface area contributed by atoms with E-state index in [1.54, 1.807) is 0 Å². The molecule has 0 saturated heterocycles. The van der Waals surface area contributed by atoms with Gasteiger partial charge in [0.15, 0.2) is 0 Å². The van der Waals surface area contributed by atoms with Gasteiger partial charge in [-0.25, -0.2) is 17.5 Å². The van der Waals surface area contributed by atoms with Gasteiger partial charge >= 0.3 is 0 Å². The van der Waals surface area contributed by atoms with Crippen molar-refractivity contribution in [3.63, 3.8) is 0 Å². The third kappa shape index (κ3) is 5.12. The normalized spacial score (nSPS) is 15.2. The van der Waals surface area contributed by atoms with E-state index in [-0.39, 0.29) is 16.8 Å². The van der Waals surface area contributed by atoms with Crippen LogP contribution >= 0.6 is 0 Å². The van der Waals surface area contributed by atoms with Gasteiger partial charge in [0.2, 0.25) is 15.8 Å². The van der Waals surface area contributed by atoms with Gasteiger partial charge in [-0.15, -0.1) is 5.10 Å². The average molecular weight is 529 g/mol. The molecule has 0 aliphatic heterocycles. The minimum Gasteiger partial charge on any atom is -0.359 e. The summed E-state index contributed by atoms with van der Waals surface area (Å²) in [5.41, 5.74) is 6.35. The summed E-state index contributed by atoms with van der Waals surface area (Å²) in [7, 11) is -5.39. The molecule has 3 aromatic rings. The molecule has 5 rings (SSSR count). The monoisotopic (exact) mass is 528 g/mol. The van der Waals surface area contributed by atoms with E-state index in [1.165, 1.54) is 45.1 Å². The van der Waals surface area contributed by atoms with Crippen molar-refractivity contribution in [2.45, 2.75) is 81.0 Å². The Kier molecular flexibility index (Phi) is 6.78. The lowest BCUT2D eigenvalue weighted by Gasteiger charge is -2.18. The van der Waals surface area contributed by atoms with Crippen LogP contribution in [0.25, 0.3) is 0 Å². The molecule has 10 heteroatoms. The Balaban J connectivity index is 1.51. The molecule has 0 fully saturated rings. The first-order valence-electron chi connectivity index (χ1n) is 12.6. The zero-order valence-corrected chi connectivity index (χ0v) is 22.9. The van der Waals surface area contributed by atoms with Crippen LogP contribution in [0.5, 0.6) is 0 Å². The Hall–Kier alpha value is -2.56. The summed E-state index contributed by atoms with van der Waals surface area (Å²) in [4.78, 5) is 4.25. The van der Waals surface area contributed by atoms with E-state index >= 15 is 0 Å². The summed E-state index contributed by atoms with van der Waals surface area (Å²) in [5, 5.41) is 7.42. The number of nitrogens with zero attached hydrogens (tertiary/aromatic N) is 3. The molecule has 2 aliphatic carbocycles. The van der Waals surface area contributed by atoms with Gasteiger partial charge in [-0.1, -0.05) is 31.8 Å². The summed E-state index contributed by atoms with van der Waals surface area (Å²) in [6.07, 6.45) is 6.31. The van der Waals surface area contributed by atoms with Gasteiger partial charge in [0.05, 0.1) is 4.90 Å². The lowest BCUT2D eigenvalue weighted by molar-refractivity contribution is 0.0792. The van der Waals surface area contributed by atoms with Crippen LogP contribution in [-0.2, 0) is 47.0 Å². The van der Waals surface area contributed by atoms with Crippen molar-refractivity contribution < 1.29 is 17.5 Å². The quantitative estimate of drug-likeness (QED) is 0.300. The number of anilines is 2. The molecule has 0 unspecified atom stereocenters. The summed E-state index contributed by atoms with van der Waals surface area (Å²) in [6.45, 7) is 7.48. The highest BCUT2D eigenvalue weighted by atomic mass is 32.2. The van der Waals surface area contributed by atoms with E-state index < -0.39 is 23.7 Å². The fourth-order valence-electron chi connectivity index (χ4n) is 4.97. The van der Waals surface area contributed by atoms with E-state index in [0.717, 1.165) is 56.3 Å². The van der Waals surface area contributed by atoms with E-state index in [0.29, 0.717) is 12.6 Å². The molecule has 36 heavy (non-hydrogen) atoms. The SMILES string of the molecule is C[Si](C)(C)CCOCn1nc(S(=O)(=O)c2cccc(F)c2)nc1Nc1c2c(cc3c1CCC3)CCC2. The first-order valence-corrected chi connectivity index (χ1v) is 17.8. The summed E-state index contributed by atoms with van der Waals surface area (Å²) < 4.78 is 47.7. The predicted molar refractivity (Wildman–Crippen MR) is 140 cm³/mol. The fraction of sp³-hybridized carbons (Fsp3) is 0.462. The van der Waals surface area contributed by atoms with Crippen molar-refractivity contribution in [3.05, 3.63) is 58.4 Å². The maximum Gasteiger partial charge on any atom is 0.273 e. The Labute approximate surface area is 213 Å². The first-order chi connectivity index (χ1) is 17.1. The highest BCUT2D eigenvalue weighted by Gasteiger charge is 2.29. The molecule has 2 aliphatic rings. The molecule has 0 bridgehead atoms. The van der Waals surface area contributed by atoms with Gasteiger partial charge in [0.1, 0.15) is 12.5 Å². The Morgan fingerprint density at radius 3 is 2.39 bits per heavy atom. The molecule has 1 heterocycles. The van der Waals surface area contributed by atoms with E-state index in [9.17, 15) is 12.8 Å². The van der Waals surface area contributed by atoms with Gasteiger partial charge in [-0.2, -0.15) is 4.98 Å². The standard InChI is InChI=1S/C26H33FN4O3SSi/c1-36(2,3)14-13-34-17-31-25(29-26(30-31)35(32,33)21-10-6-9-20(27)16-21)28-24-22-11-4-7-18(22)15-19-8-5-12-23(19)24/h6,9-10,15-16H,4-5,7-8,11-14,17H2,1-3H3,(H,28,29,30). The second kappa shape index (κ2) is 9.72. The lowest BCUT2D eigenvalue weighted by atomic mass is 9.99. The number of sulfone groups is 1. The number of nitrogens with one attached hydrogen (secondary N) is 1. The topological polar surface area (TPSA) is 86.1 Å². The van der Waals surface area contributed by atoms with Crippen LogP contribution in [0.4, 0.5) is 16.0 Å². The van der Waals surface area contributed by atoms with Crippen molar-refractivity contribution in [1.82, 2.24) is 14.8 Å². The number of benzene rings is 2. The van der Waals surface area contributed by atoms with Crippen molar-refractivity contribution >= 4 is 29.5 Å². The molecule has 1 N–H and O–H groups in total. The summed E-state index contributed by atoms with van der Waals surface area (Å²) >= 11 is 0. The Morgan fingerprint density at radius 1 is 1.06 bits per heavy atom. The van der Waals surface area contributed by atoms with Crippen molar-refractivity contribution in [2.75, 3.05) is 11.9 Å². The predicted octanol–water partition coefficient (Wildman–Crippen LogP) is 5.28. The van der Waals surface area contributed by atoms with Crippen LogP contribution in [-0.4, -0.2) is 37.9 Å². The van der Waals surface area contributed by atoms with Crippen LogP contribution in [0.2, 0.25) is 25.7 Å². The maximum atomic E-state index is 13.8. The van der Waals surface area contributed by atoms with Gasteiger partial charge < -0.3 is 10.1 Å². The number of aryl methyl sites for hydroxylation is 2. The molecule has 0 atom stereocenters. The fourth-order valence-corrected chi connectivity index (χ4v) is 6.87. The second-order valence-electron chi connectivity index (χ2n) is 10.9. The van der Waals surface area contributed by atoms with Crippen LogP contribution in [0.15, 0.2) is 40.4 Å². The van der Waals surface area contributed by atoms with Crippen LogP contribution in [0.1, 0.15) is 35.1 Å². The average Bonchev–Trinajstić information content (AvgIpc) is 3.56. The van der Waals surface area contributed by atoms with E-state index in [1.807, 2.05) is 0 Å². The van der Waals surface area contributed by atoms with Crippen molar-refractivity contribution in [2.24, 2.45) is 0 Å². The number of hydrogen-bond donors (Lipinski definition) is 1. The molecular formula is C26H33FN4O3SSi. The van der Waals surface area contributed by atoms with Crippen molar-refractivity contribution in [3.8, 4) is 0 Å². The van der Waals surface area contributed by atoms with Crippen LogP contribution < -0.4 is 5.32 Å². The molecular weight excluding hydrogens is 495 g/mol. The smallest absolute Gasteiger partial charge is 0.273 e. The largest absolute Gasteiger partial charge is 0.359 e. The number of hydrogen-bond acceptors (Lipinski definition) is 6. The van der Waals surface area contributed by atoms with Gasteiger partial charge in [0, 0.05) is 20.4 Å². The molecule has 192 valence electrons. The van der Waals surface area contributed by atoms with Crippen LogP contribution in [0.3, 0.4) is 0 Å². The third-order valence-electron chi connectivity index (χ3n) is 6.92. The maximum absolute atomic E-state index is 13.8. The summed E-state index contributed by atoms with van der Waals surface area (Å²) in [6, 6.07) is 8.26. The number of ether oxygens (including phenoxy) is 1. The molecule has 2 aromatic carbocycles. The highest BCUT2D eigenvalue weighted by molar-refractivity contribution is 7.91. The van der Waals surface area contributed by atoms with Crippen molar-refractivity contribution in [1.29, 1.82) is 0 Å². The molecule has 0 radical (unpaired) electrons. The minimum atomic E-state index is -4.10. The molecule has 0 saturated carbocycles. The van der Waals surface area contributed by atoms with Crippen LogP contribution in [0, 0.1) is 5.82 Å². The number of halogens is 1. The highest BCUT2D eigenvalue weighted by Crippen LogP contribution is 2.40. The van der Waals surface area contributed by atoms with E-state index in [2.05, 4.69) is 41.1 Å². The zero-order chi connectivity index (χ0) is 25.5.